The van der Waals surface area contributed by atoms with E-state index in [2.05, 4.69) is 15.1 Å². The van der Waals surface area contributed by atoms with Crippen molar-refractivity contribution >= 4 is 11.6 Å². The Labute approximate surface area is 125 Å². The maximum Gasteiger partial charge on any atom is 0.342 e. The summed E-state index contributed by atoms with van der Waals surface area (Å²) in [5.74, 6) is 0.171. The van der Waals surface area contributed by atoms with Gasteiger partial charge >= 0.3 is 6.01 Å². The number of aromatic nitrogens is 4. The van der Waals surface area contributed by atoms with Gasteiger partial charge in [-0.2, -0.15) is 10.2 Å². The highest BCUT2D eigenvalue weighted by Crippen LogP contribution is 2.20. The second-order valence-electron chi connectivity index (χ2n) is 4.04. The quantitative estimate of drug-likeness (QED) is 0.695. The third-order valence-corrected chi connectivity index (χ3v) is 2.78. The van der Waals surface area contributed by atoms with Crippen molar-refractivity contribution in [1.82, 2.24) is 19.7 Å². The summed E-state index contributed by atoms with van der Waals surface area (Å²) in [5.41, 5.74) is 1.21. The molecule has 0 radical (unpaired) electrons. The van der Waals surface area contributed by atoms with Crippen LogP contribution in [0.1, 0.15) is 5.56 Å². The molecule has 6 nitrogen and oxygen atoms in total. The first-order chi connectivity index (χ1) is 10.2. The molecule has 0 aliphatic rings. The molecule has 0 bridgehead atoms. The van der Waals surface area contributed by atoms with Crippen molar-refractivity contribution < 1.29 is 4.74 Å². The maximum atomic E-state index is 8.88. The van der Waals surface area contributed by atoms with E-state index in [0.29, 0.717) is 5.56 Å². The Morgan fingerprint density at radius 3 is 2.76 bits per heavy atom. The molecule has 2 aromatic heterocycles. The van der Waals surface area contributed by atoms with Crippen molar-refractivity contribution in [3.63, 3.8) is 0 Å². The van der Waals surface area contributed by atoms with E-state index in [1.807, 2.05) is 36.4 Å². The van der Waals surface area contributed by atoms with Crippen molar-refractivity contribution in [1.29, 1.82) is 5.26 Å². The van der Waals surface area contributed by atoms with Crippen molar-refractivity contribution in [3.05, 3.63) is 59.5 Å². The number of rotatable bonds is 3. The van der Waals surface area contributed by atoms with Crippen molar-refractivity contribution in [2.45, 2.75) is 0 Å². The number of halogens is 1. The Bertz CT molecular complexity index is 810. The SMILES string of the molecule is N#Cc1cc(Cl)nc(Oc2ncn(-c3ccccc3)n2)c1. The molecule has 1 aromatic carbocycles. The summed E-state index contributed by atoms with van der Waals surface area (Å²) in [6.45, 7) is 0. The van der Waals surface area contributed by atoms with Gasteiger partial charge in [-0.1, -0.05) is 29.8 Å². The number of benzene rings is 1. The molecule has 0 saturated heterocycles. The molecule has 0 atom stereocenters. The molecule has 3 aromatic rings. The topological polar surface area (TPSA) is 76.6 Å². The van der Waals surface area contributed by atoms with Crippen LogP contribution in [0.15, 0.2) is 48.8 Å². The standard InChI is InChI=1S/C14H8ClN5O/c15-12-6-10(8-16)7-13(18-12)21-14-17-9-20(19-14)11-4-2-1-3-5-11/h1-7,9H. The van der Waals surface area contributed by atoms with Crippen molar-refractivity contribution in [3.8, 4) is 23.6 Å². The molecule has 0 spiro atoms. The summed E-state index contributed by atoms with van der Waals surface area (Å²) in [6.07, 6.45) is 1.53. The number of pyridine rings is 1. The summed E-state index contributed by atoms with van der Waals surface area (Å²) < 4.78 is 6.99. The zero-order valence-corrected chi connectivity index (χ0v) is 11.4. The second kappa shape index (κ2) is 5.61. The Balaban J connectivity index is 1.85. The fourth-order valence-electron chi connectivity index (χ4n) is 1.68. The monoisotopic (exact) mass is 297 g/mol. The van der Waals surface area contributed by atoms with Crippen LogP contribution in [-0.4, -0.2) is 19.7 Å². The predicted molar refractivity (Wildman–Crippen MR) is 75.4 cm³/mol. The van der Waals surface area contributed by atoms with Crippen molar-refractivity contribution in [2.24, 2.45) is 0 Å². The number of ether oxygens (including phenoxy) is 1. The molecule has 7 heteroatoms. The van der Waals surface area contributed by atoms with Gasteiger partial charge in [0.25, 0.3) is 0 Å². The van der Waals surface area contributed by atoms with Gasteiger partial charge in [-0.25, -0.2) is 9.67 Å². The van der Waals surface area contributed by atoms with E-state index in [-0.39, 0.29) is 17.0 Å². The van der Waals surface area contributed by atoms with Gasteiger partial charge in [0.2, 0.25) is 5.88 Å². The summed E-state index contributed by atoms with van der Waals surface area (Å²) in [5, 5.41) is 13.2. The Hall–Kier alpha value is -2.91. The number of hydrogen-bond donors (Lipinski definition) is 0. The van der Waals surface area contributed by atoms with Gasteiger partial charge < -0.3 is 4.74 Å². The van der Waals surface area contributed by atoms with Crippen LogP contribution in [0.3, 0.4) is 0 Å². The van der Waals surface area contributed by atoms with E-state index < -0.39 is 0 Å². The smallest absolute Gasteiger partial charge is 0.342 e. The molecular formula is C14H8ClN5O. The minimum absolute atomic E-state index is 0.123. The Kier molecular flexibility index (Phi) is 3.50. The molecular weight excluding hydrogens is 290 g/mol. The van der Waals surface area contributed by atoms with Crippen LogP contribution in [0.4, 0.5) is 0 Å². The third-order valence-electron chi connectivity index (χ3n) is 2.59. The maximum absolute atomic E-state index is 8.88. The lowest BCUT2D eigenvalue weighted by atomic mass is 10.3. The van der Waals surface area contributed by atoms with Gasteiger partial charge in [0.1, 0.15) is 11.5 Å². The van der Waals surface area contributed by atoms with E-state index in [1.54, 1.807) is 4.68 Å². The van der Waals surface area contributed by atoms with Crippen LogP contribution in [0, 0.1) is 11.3 Å². The van der Waals surface area contributed by atoms with Gasteiger partial charge in [0.15, 0.2) is 0 Å². The van der Waals surface area contributed by atoms with Crippen LogP contribution >= 0.6 is 11.6 Å². The minimum Gasteiger partial charge on any atom is -0.404 e. The fraction of sp³-hybridized carbons (Fsp3) is 0. The molecule has 0 aliphatic carbocycles. The van der Waals surface area contributed by atoms with E-state index in [4.69, 9.17) is 21.6 Å². The van der Waals surface area contributed by atoms with Gasteiger partial charge in [-0.05, 0) is 18.2 Å². The fourth-order valence-corrected chi connectivity index (χ4v) is 1.88. The summed E-state index contributed by atoms with van der Waals surface area (Å²) in [6, 6.07) is 14.5. The molecule has 102 valence electrons. The van der Waals surface area contributed by atoms with Crippen LogP contribution in [0.2, 0.25) is 5.15 Å². The zero-order chi connectivity index (χ0) is 14.7. The van der Waals surface area contributed by atoms with Crippen LogP contribution in [0.25, 0.3) is 5.69 Å². The summed E-state index contributed by atoms with van der Waals surface area (Å²) in [4.78, 5) is 8.00. The predicted octanol–water partition coefficient (Wildman–Crippen LogP) is 2.98. The third kappa shape index (κ3) is 2.99. The molecule has 0 saturated carbocycles. The van der Waals surface area contributed by atoms with Crippen LogP contribution in [-0.2, 0) is 0 Å². The number of nitrogens with zero attached hydrogens (tertiary/aromatic N) is 5. The average molecular weight is 298 g/mol. The number of hydrogen-bond acceptors (Lipinski definition) is 5. The molecule has 21 heavy (non-hydrogen) atoms. The number of nitriles is 1. The molecule has 0 aliphatic heterocycles. The van der Waals surface area contributed by atoms with Crippen LogP contribution < -0.4 is 4.74 Å². The molecule has 0 amide bonds. The lowest BCUT2D eigenvalue weighted by Gasteiger charge is -2.01. The lowest BCUT2D eigenvalue weighted by Crippen LogP contribution is -1.95. The molecule has 0 N–H and O–H groups in total. The Morgan fingerprint density at radius 1 is 1.19 bits per heavy atom. The van der Waals surface area contributed by atoms with Crippen molar-refractivity contribution in [2.75, 3.05) is 0 Å². The lowest BCUT2D eigenvalue weighted by molar-refractivity contribution is 0.424. The zero-order valence-electron chi connectivity index (χ0n) is 10.6. The number of para-hydroxylation sites is 1. The largest absolute Gasteiger partial charge is 0.404 e. The first-order valence-electron chi connectivity index (χ1n) is 5.97. The second-order valence-corrected chi connectivity index (χ2v) is 4.43. The minimum atomic E-state index is 0.123. The van der Waals surface area contributed by atoms with Crippen LogP contribution in [0.5, 0.6) is 11.9 Å². The normalized spacial score (nSPS) is 10.1. The summed E-state index contributed by atoms with van der Waals surface area (Å²) >= 11 is 5.81. The van der Waals surface area contributed by atoms with Gasteiger partial charge in [0.05, 0.1) is 17.3 Å². The molecule has 0 fully saturated rings. The van der Waals surface area contributed by atoms with E-state index in [9.17, 15) is 0 Å². The van der Waals surface area contributed by atoms with Gasteiger partial charge in [0, 0.05) is 6.07 Å². The molecule has 0 unspecified atom stereocenters. The highest BCUT2D eigenvalue weighted by atomic mass is 35.5. The Morgan fingerprint density at radius 2 is 2.00 bits per heavy atom. The summed E-state index contributed by atoms with van der Waals surface area (Å²) in [7, 11) is 0. The molecule has 3 rings (SSSR count). The van der Waals surface area contributed by atoms with E-state index >= 15 is 0 Å². The van der Waals surface area contributed by atoms with E-state index in [1.165, 1.54) is 18.5 Å². The highest BCUT2D eigenvalue weighted by molar-refractivity contribution is 6.29. The highest BCUT2D eigenvalue weighted by Gasteiger charge is 2.08. The molecule has 2 heterocycles. The van der Waals surface area contributed by atoms with E-state index in [0.717, 1.165) is 5.69 Å². The first kappa shape index (κ1) is 13.1. The first-order valence-corrected chi connectivity index (χ1v) is 6.35. The van der Waals surface area contributed by atoms with Gasteiger partial charge in [-0.3, -0.25) is 0 Å². The average Bonchev–Trinajstić information content (AvgIpc) is 2.96. The van der Waals surface area contributed by atoms with Gasteiger partial charge in [-0.15, -0.1) is 5.10 Å².